The van der Waals surface area contributed by atoms with Crippen molar-refractivity contribution >= 4 is 11.6 Å². The lowest BCUT2D eigenvalue weighted by molar-refractivity contribution is -0.115. The van der Waals surface area contributed by atoms with Gasteiger partial charge in [-0.1, -0.05) is 12.1 Å². The minimum atomic E-state index is -0.0948. The predicted molar refractivity (Wildman–Crippen MR) is 54.9 cm³/mol. The number of carbonyl (C=O) groups is 1. The predicted octanol–water partition coefficient (Wildman–Crippen LogP) is 0.337. The maximum atomic E-state index is 11.2. The second kappa shape index (κ2) is 5.36. The van der Waals surface area contributed by atoms with Crippen LogP contribution in [0.15, 0.2) is 24.3 Å². The van der Waals surface area contributed by atoms with E-state index >= 15 is 0 Å². The maximum absolute atomic E-state index is 11.2. The van der Waals surface area contributed by atoms with Gasteiger partial charge >= 0.3 is 0 Å². The van der Waals surface area contributed by atoms with Crippen molar-refractivity contribution in [1.82, 2.24) is 5.32 Å². The van der Waals surface area contributed by atoms with E-state index in [4.69, 9.17) is 5.11 Å². The van der Waals surface area contributed by atoms with E-state index in [-0.39, 0.29) is 19.1 Å². The van der Waals surface area contributed by atoms with Gasteiger partial charge in [-0.2, -0.15) is 0 Å². The third-order valence-electron chi connectivity index (χ3n) is 1.73. The second-order valence-electron chi connectivity index (χ2n) is 2.94. The van der Waals surface area contributed by atoms with E-state index in [1.54, 1.807) is 31.3 Å². The molecule has 1 aromatic rings. The molecule has 0 heterocycles. The van der Waals surface area contributed by atoms with E-state index in [0.29, 0.717) is 5.69 Å². The molecule has 0 aliphatic carbocycles. The zero-order chi connectivity index (χ0) is 10.4. The number of aliphatic hydroxyl groups excluding tert-OH is 1. The van der Waals surface area contributed by atoms with Gasteiger partial charge < -0.3 is 15.7 Å². The standard InChI is InChI=1S/C10H14N2O2/c1-11-6-10(14)12-9-4-2-3-8(5-9)7-13/h2-5,11,13H,6-7H2,1H3,(H,12,14). The smallest absolute Gasteiger partial charge is 0.238 e. The highest BCUT2D eigenvalue weighted by Gasteiger charge is 2.00. The molecule has 1 rings (SSSR count). The summed E-state index contributed by atoms with van der Waals surface area (Å²) in [6.45, 7) is 0.263. The van der Waals surface area contributed by atoms with E-state index in [1.165, 1.54) is 0 Å². The number of aliphatic hydroxyl groups is 1. The van der Waals surface area contributed by atoms with Crippen LogP contribution in [0.25, 0.3) is 0 Å². The van der Waals surface area contributed by atoms with Gasteiger partial charge in [0.05, 0.1) is 13.2 Å². The average molecular weight is 194 g/mol. The molecule has 0 fully saturated rings. The monoisotopic (exact) mass is 194 g/mol. The summed E-state index contributed by atoms with van der Waals surface area (Å²) >= 11 is 0. The van der Waals surface area contributed by atoms with E-state index in [2.05, 4.69) is 10.6 Å². The highest BCUT2D eigenvalue weighted by Crippen LogP contribution is 2.09. The number of rotatable bonds is 4. The lowest BCUT2D eigenvalue weighted by Gasteiger charge is -2.05. The molecule has 0 saturated heterocycles. The van der Waals surface area contributed by atoms with Gasteiger partial charge in [-0.3, -0.25) is 4.79 Å². The molecule has 14 heavy (non-hydrogen) atoms. The van der Waals surface area contributed by atoms with E-state index in [9.17, 15) is 4.79 Å². The van der Waals surface area contributed by atoms with Gasteiger partial charge in [-0.15, -0.1) is 0 Å². The van der Waals surface area contributed by atoms with Gasteiger partial charge in [0.2, 0.25) is 5.91 Å². The van der Waals surface area contributed by atoms with Crippen molar-refractivity contribution in [1.29, 1.82) is 0 Å². The van der Waals surface area contributed by atoms with Crippen LogP contribution in [0.5, 0.6) is 0 Å². The largest absolute Gasteiger partial charge is 0.392 e. The molecule has 4 nitrogen and oxygen atoms in total. The van der Waals surface area contributed by atoms with Crippen LogP contribution < -0.4 is 10.6 Å². The summed E-state index contributed by atoms with van der Waals surface area (Å²) in [7, 11) is 1.71. The van der Waals surface area contributed by atoms with Gasteiger partial charge in [0, 0.05) is 5.69 Å². The van der Waals surface area contributed by atoms with Crippen LogP contribution in [-0.2, 0) is 11.4 Å². The summed E-state index contributed by atoms with van der Waals surface area (Å²) < 4.78 is 0. The van der Waals surface area contributed by atoms with Crippen molar-refractivity contribution in [2.75, 3.05) is 18.9 Å². The Hall–Kier alpha value is -1.39. The minimum Gasteiger partial charge on any atom is -0.392 e. The van der Waals surface area contributed by atoms with Crippen molar-refractivity contribution < 1.29 is 9.90 Å². The topological polar surface area (TPSA) is 61.4 Å². The van der Waals surface area contributed by atoms with E-state index < -0.39 is 0 Å². The molecule has 0 aliphatic rings. The van der Waals surface area contributed by atoms with Crippen molar-refractivity contribution in [2.45, 2.75) is 6.61 Å². The SMILES string of the molecule is CNCC(=O)Nc1cccc(CO)c1. The number of benzene rings is 1. The number of likely N-dealkylation sites (N-methyl/N-ethyl adjacent to an activating group) is 1. The molecule has 0 radical (unpaired) electrons. The Bertz CT molecular complexity index is 313. The molecule has 0 bridgehead atoms. The third-order valence-corrected chi connectivity index (χ3v) is 1.73. The molecule has 4 heteroatoms. The van der Waals surface area contributed by atoms with Crippen LogP contribution in [0, 0.1) is 0 Å². The van der Waals surface area contributed by atoms with Gasteiger partial charge in [0.15, 0.2) is 0 Å². The fourth-order valence-electron chi connectivity index (χ4n) is 1.11. The van der Waals surface area contributed by atoms with Gasteiger partial charge in [0.1, 0.15) is 0 Å². The molecule has 0 spiro atoms. The molecule has 0 atom stereocenters. The molecule has 0 saturated carbocycles. The van der Waals surface area contributed by atoms with E-state index in [0.717, 1.165) is 5.56 Å². The summed E-state index contributed by atoms with van der Waals surface area (Å²) in [5.74, 6) is -0.0948. The lowest BCUT2D eigenvalue weighted by Crippen LogP contribution is -2.25. The Morgan fingerprint density at radius 3 is 2.93 bits per heavy atom. The Morgan fingerprint density at radius 2 is 2.29 bits per heavy atom. The number of hydrogen-bond donors (Lipinski definition) is 3. The maximum Gasteiger partial charge on any atom is 0.238 e. The summed E-state index contributed by atoms with van der Waals surface area (Å²) in [5.41, 5.74) is 1.49. The molecule has 1 amide bonds. The Balaban J connectivity index is 2.62. The molecule has 3 N–H and O–H groups in total. The summed E-state index contributed by atoms with van der Waals surface area (Å²) in [4.78, 5) is 11.2. The highest BCUT2D eigenvalue weighted by molar-refractivity contribution is 5.92. The summed E-state index contributed by atoms with van der Waals surface area (Å²) in [6, 6.07) is 7.12. The number of nitrogens with one attached hydrogen (secondary N) is 2. The number of hydrogen-bond acceptors (Lipinski definition) is 3. The van der Waals surface area contributed by atoms with Crippen molar-refractivity contribution in [3.63, 3.8) is 0 Å². The summed E-state index contributed by atoms with van der Waals surface area (Å²) in [6.07, 6.45) is 0. The fraction of sp³-hybridized carbons (Fsp3) is 0.300. The summed E-state index contributed by atoms with van der Waals surface area (Å²) in [5, 5.41) is 14.3. The Kier molecular flexibility index (Phi) is 4.10. The molecule has 0 aromatic heterocycles. The lowest BCUT2D eigenvalue weighted by atomic mass is 10.2. The number of carbonyl (C=O) groups excluding carboxylic acids is 1. The average Bonchev–Trinajstić information content (AvgIpc) is 2.18. The normalized spacial score (nSPS) is 9.86. The van der Waals surface area contributed by atoms with E-state index in [1.807, 2.05) is 0 Å². The molecule has 1 aromatic carbocycles. The van der Waals surface area contributed by atoms with Crippen molar-refractivity contribution in [3.8, 4) is 0 Å². The first kappa shape index (κ1) is 10.7. The molecular weight excluding hydrogens is 180 g/mol. The number of amides is 1. The number of anilines is 1. The Morgan fingerprint density at radius 1 is 1.50 bits per heavy atom. The van der Waals surface area contributed by atoms with Crippen LogP contribution >= 0.6 is 0 Å². The van der Waals surface area contributed by atoms with Crippen LogP contribution in [0.4, 0.5) is 5.69 Å². The molecule has 76 valence electrons. The van der Waals surface area contributed by atoms with Crippen LogP contribution in [0.1, 0.15) is 5.56 Å². The quantitative estimate of drug-likeness (QED) is 0.647. The Labute approximate surface area is 82.9 Å². The first-order chi connectivity index (χ1) is 6.76. The fourth-order valence-corrected chi connectivity index (χ4v) is 1.11. The molecule has 0 unspecified atom stereocenters. The zero-order valence-corrected chi connectivity index (χ0v) is 8.08. The molecule has 0 aliphatic heterocycles. The first-order valence-corrected chi connectivity index (χ1v) is 4.40. The zero-order valence-electron chi connectivity index (χ0n) is 8.08. The van der Waals surface area contributed by atoms with Gasteiger partial charge in [-0.05, 0) is 24.7 Å². The minimum absolute atomic E-state index is 0.0181. The van der Waals surface area contributed by atoms with Gasteiger partial charge in [-0.25, -0.2) is 0 Å². The van der Waals surface area contributed by atoms with Crippen LogP contribution in [-0.4, -0.2) is 24.6 Å². The van der Waals surface area contributed by atoms with Crippen LogP contribution in [0.2, 0.25) is 0 Å². The van der Waals surface area contributed by atoms with Crippen molar-refractivity contribution in [3.05, 3.63) is 29.8 Å². The van der Waals surface area contributed by atoms with Gasteiger partial charge in [0.25, 0.3) is 0 Å². The second-order valence-corrected chi connectivity index (χ2v) is 2.94. The highest BCUT2D eigenvalue weighted by atomic mass is 16.3. The first-order valence-electron chi connectivity index (χ1n) is 4.40. The van der Waals surface area contributed by atoms with Crippen LogP contribution in [0.3, 0.4) is 0 Å². The molecular formula is C10H14N2O2. The third kappa shape index (κ3) is 3.16. The van der Waals surface area contributed by atoms with Crippen molar-refractivity contribution in [2.24, 2.45) is 0 Å².